The van der Waals surface area contributed by atoms with Gasteiger partial charge in [-0.25, -0.2) is 0 Å². The van der Waals surface area contributed by atoms with Gasteiger partial charge in [0.1, 0.15) is 0 Å². The van der Waals surface area contributed by atoms with Crippen LogP contribution in [0.2, 0.25) is 0 Å². The van der Waals surface area contributed by atoms with Crippen molar-refractivity contribution in [3.8, 4) is 0 Å². The van der Waals surface area contributed by atoms with E-state index in [9.17, 15) is 0 Å². The van der Waals surface area contributed by atoms with E-state index in [2.05, 4.69) is 37.6 Å². The molecule has 0 aromatic carbocycles. The van der Waals surface area contributed by atoms with Crippen molar-refractivity contribution < 1.29 is 0 Å². The minimum Gasteiger partial charge on any atom is -0.346 e. The summed E-state index contributed by atoms with van der Waals surface area (Å²) in [6, 6.07) is 6.19. The summed E-state index contributed by atoms with van der Waals surface area (Å²) in [5.41, 5.74) is 8.20. The Labute approximate surface area is 103 Å². The number of aromatic nitrogens is 2. The molecule has 1 unspecified atom stereocenters. The zero-order valence-corrected chi connectivity index (χ0v) is 10.7. The summed E-state index contributed by atoms with van der Waals surface area (Å²) in [4.78, 5) is 4.15. The first-order valence-electron chi connectivity index (χ1n) is 5.17. The highest BCUT2D eigenvalue weighted by molar-refractivity contribution is 9.10. The summed E-state index contributed by atoms with van der Waals surface area (Å²) in [6.07, 6.45) is 5.70. The number of rotatable bonds is 3. The van der Waals surface area contributed by atoms with Crippen LogP contribution in [0.5, 0.6) is 0 Å². The largest absolute Gasteiger partial charge is 0.346 e. The highest BCUT2D eigenvalue weighted by Crippen LogP contribution is 2.15. The standard InChI is InChI=1S/C12H14BrN3/c1-9(14)12-3-2-4-16(12)8-10-5-11(13)7-15-6-10/h2-7,9H,8,14H2,1H3. The van der Waals surface area contributed by atoms with E-state index in [1.54, 1.807) is 6.20 Å². The van der Waals surface area contributed by atoms with Crippen molar-refractivity contribution in [3.63, 3.8) is 0 Å². The molecular formula is C12H14BrN3. The van der Waals surface area contributed by atoms with Gasteiger partial charge in [-0.05, 0) is 46.6 Å². The van der Waals surface area contributed by atoms with Crippen molar-refractivity contribution in [2.45, 2.75) is 19.5 Å². The molecule has 16 heavy (non-hydrogen) atoms. The third kappa shape index (κ3) is 2.51. The summed E-state index contributed by atoms with van der Waals surface area (Å²) >= 11 is 3.42. The fourth-order valence-electron chi connectivity index (χ4n) is 1.72. The number of hydrogen-bond acceptors (Lipinski definition) is 2. The third-order valence-electron chi connectivity index (χ3n) is 2.45. The van der Waals surface area contributed by atoms with E-state index in [1.807, 2.05) is 25.4 Å². The molecule has 0 aliphatic carbocycles. The second-order valence-corrected chi connectivity index (χ2v) is 4.78. The molecule has 0 amide bonds. The first-order valence-corrected chi connectivity index (χ1v) is 5.96. The summed E-state index contributed by atoms with van der Waals surface area (Å²) in [7, 11) is 0. The van der Waals surface area contributed by atoms with Crippen molar-refractivity contribution >= 4 is 15.9 Å². The fraction of sp³-hybridized carbons (Fsp3) is 0.250. The van der Waals surface area contributed by atoms with Gasteiger partial charge in [-0.3, -0.25) is 4.98 Å². The zero-order chi connectivity index (χ0) is 11.5. The van der Waals surface area contributed by atoms with Crippen molar-refractivity contribution in [2.75, 3.05) is 0 Å². The Bertz CT molecular complexity index is 477. The Morgan fingerprint density at radius 1 is 1.50 bits per heavy atom. The van der Waals surface area contributed by atoms with Crippen LogP contribution in [-0.4, -0.2) is 9.55 Å². The molecule has 0 saturated heterocycles. The molecule has 2 aromatic heterocycles. The Morgan fingerprint density at radius 3 is 3.00 bits per heavy atom. The van der Waals surface area contributed by atoms with Crippen LogP contribution in [-0.2, 0) is 6.54 Å². The topological polar surface area (TPSA) is 43.8 Å². The molecule has 2 N–H and O–H groups in total. The molecule has 4 heteroatoms. The third-order valence-corrected chi connectivity index (χ3v) is 2.88. The van der Waals surface area contributed by atoms with E-state index >= 15 is 0 Å². The maximum Gasteiger partial charge on any atom is 0.0489 e. The molecule has 0 bridgehead atoms. The average molecular weight is 280 g/mol. The maximum absolute atomic E-state index is 5.90. The predicted octanol–water partition coefficient (Wildman–Crippen LogP) is 2.71. The lowest BCUT2D eigenvalue weighted by molar-refractivity contribution is 0.674. The van der Waals surface area contributed by atoms with Gasteiger partial charge in [0, 0.05) is 41.3 Å². The van der Waals surface area contributed by atoms with Gasteiger partial charge in [-0.1, -0.05) is 0 Å². The van der Waals surface area contributed by atoms with Crippen LogP contribution >= 0.6 is 15.9 Å². The highest BCUT2D eigenvalue weighted by Gasteiger charge is 2.06. The Kier molecular flexibility index (Phi) is 3.41. The zero-order valence-electron chi connectivity index (χ0n) is 9.10. The molecule has 84 valence electrons. The maximum atomic E-state index is 5.90. The molecule has 2 aromatic rings. The molecule has 0 aliphatic heterocycles. The number of nitrogens with zero attached hydrogens (tertiary/aromatic N) is 2. The summed E-state index contributed by atoms with van der Waals surface area (Å²) in [5.74, 6) is 0. The van der Waals surface area contributed by atoms with Crippen LogP contribution in [0.3, 0.4) is 0 Å². The minimum absolute atomic E-state index is 0.0510. The molecule has 0 saturated carbocycles. The second-order valence-electron chi connectivity index (χ2n) is 3.86. The van der Waals surface area contributed by atoms with Crippen molar-refractivity contribution in [1.29, 1.82) is 0 Å². The second kappa shape index (κ2) is 4.80. The molecule has 0 aliphatic rings. The van der Waals surface area contributed by atoms with Crippen LogP contribution in [0, 0.1) is 0 Å². The lowest BCUT2D eigenvalue weighted by Crippen LogP contribution is -2.12. The monoisotopic (exact) mass is 279 g/mol. The Hall–Kier alpha value is -1.13. The Balaban J connectivity index is 2.24. The number of hydrogen-bond donors (Lipinski definition) is 1. The smallest absolute Gasteiger partial charge is 0.0489 e. The summed E-state index contributed by atoms with van der Waals surface area (Å²) < 4.78 is 3.15. The molecule has 2 heterocycles. The number of nitrogens with two attached hydrogens (primary N) is 1. The molecule has 3 nitrogen and oxygen atoms in total. The van der Waals surface area contributed by atoms with Gasteiger partial charge < -0.3 is 10.3 Å². The van der Waals surface area contributed by atoms with Crippen molar-refractivity contribution in [1.82, 2.24) is 9.55 Å². The van der Waals surface area contributed by atoms with E-state index < -0.39 is 0 Å². The van der Waals surface area contributed by atoms with Gasteiger partial charge in [-0.2, -0.15) is 0 Å². The van der Waals surface area contributed by atoms with E-state index in [4.69, 9.17) is 5.73 Å². The van der Waals surface area contributed by atoms with Gasteiger partial charge in [0.15, 0.2) is 0 Å². The van der Waals surface area contributed by atoms with E-state index in [0.717, 1.165) is 22.3 Å². The van der Waals surface area contributed by atoms with Crippen LogP contribution in [0.1, 0.15) is 24.2 Å². The van der Waals surface area contributed by atoms with Crippen LogP contribution in [0.25, 0.3) is 0 Å². The number of halogens is 1. The predicted molar refractivity (Wildman–Crippen MR) is 68.1 cm³/mol. The first kappa shape index (κ1) is 11.4. The number of pyridine rings is 1. The molecule has 0 spiro atoms. The van der Waals surface area contributed by atoms with Crippen LogP contribution in [0.4, 0.5) is 0 Å². The van der Waals surface area contributed by atoms with Gasteiger partial charge in [0.05, 0.1) is 0 Å². The summed E-state index contributed by atoms with van der Waals surface area (Å²) in [5, 5.41) is 0. The first-order chi connectivity index (χ1) is 7.66. The minimum atomic E-state index is 0.0510. The molecule has 0 radical (unpaired) electrons. The lowest BCUT2D eigenvalue weighted by Gasteiger charge is -2.11. The van der Waals surface area contributed by atoms with E-state index in [-0.39, 0.29) is 6.04 Å². The average Bonchev–Trinajstić information content (AvgIpc) is 2.66. The van der Waals surface area contributed by atoms with Gasteiger partial charge in [0.25, 0.3) is 0 Å². The molecule has 2 rings (SSSR count). The molecule has 1 atom stereocenters. The van der Waals surface area contributed by atoms with Gasteiger partial charge in [-0.15, -0.1) is 0 Å². The quantitative estimate of drug-likeness (QED) is 0.939. The van der Waals surface area contributed by atoms with E-state index in [0.29, 0.717) is 0 Å². The van der Waals surface area contributed by atoms with Gasteiger partial charge in [0.2, 0.25) is 0 Å². The van der Waals surface area contributed by atoms with E-state index in [1.165, 1.54) is 0 Å². The van der Waals surface area contributed by atoms with Crippen molar-refractivity contribution in [2.24, 2.45) is 5.73 Å². The van der Waals surface area contributed by atoms with Gasteiger partial charge >= 0.3 is 0 Å². The van der Waals surface area contributed by atoms with Crippen LogP contribution in [0.15, 0.2) is 41.3 Å². The molecule has 0 fully saturated rings. The van der Waals surface area contributed by atoms with Crippen LogP contribution < -0.4 is 5.73 Å². The normalized spacial score (nSPS) is 12.7. The SMILES string of the molecule is CC(N)c1cccn1Cc1cncc(Br)c1. The Morgan fingerprint density at radius 2 is 2.31 bits per heavy atom. The van der Waals surface area contributed by atoms with Crippen molar-refractivity contribution in [3.05, 3.63) is 52.5 Å². The molecular weight excluding hydrogens is 266 g/mol. The fourth-order valence-corrected chi connectivity index (χ4v) is 2.14. The highest BCUT2D eigenvalue weighted by atomic mass is 79.9. The lowest BCUT2D eigenvalue weighted by atomic mass is 10.2. The summed E-state index contributed by atoms with van der Waals surface area (Å²) in [6.45, 7) is 2.79.